The zero-order valence-corrected chi connectivity index (χ0v) is 14.3. The molecule has 0 unspecified atom stereocenters. The summed E-state index contributed by atoms with van der Waals surface area (Å²) in [4.78, 5) is 4.59. The molecule has 0 saturated heterocycles. The fraction of sp³-hybridized carbons (Fsp3) is 0. The monoisotopic (exact) mass is 353 g/mol. The van der Waals surface area contributed by atoms with Crippen LogP contribution < -0.4 is 16.0 Å². The van der Waals surface area contributed by atoms with Crippen LogP contribution >= 0.6 is 7.14 Å². The third-order valence-electron chi connectivity index (χ3n) is 4.22. The fourth-order valence-corrected chi connectivity index (χ4v) is 5.60. The molecule has 124 valence electrons. The predicted molar refractivity (Wildman–Crippen MR) is 110 cm³/mol. The molecular formula is C21H17LiNO2P. The van der Waals surface area contributed by atoms with E-state index >= 15 is 0 Å². The van der Waals surface area contributed by atoms with Crippen LogP contribution in [0.15, 0.2) is 91.0 Å². The second-order valence-corrected chi connectivity index (χ2v) is 8.48. The minimum absolute atomic E-state index is 0. The van der Waals surface area contributed by atoms with Crippen LogP contribution in [0, 0.1) is 0 Å². The van der Waals surface area contributed by atoms with Gasteiger partial charge in [-0.3, -0.25) is 0 Å². The second-order valence-electron chi connectivity index (χ2n) is 5.80. The van der Waals surface area contributed by atoms with E-state index in [1.807, 2.05) is 84.9 Å². The Kier molecular flexibility index (Phi) is 5.35. The number of nitrogens with zero attached hydrogens (tertiary/aromatic N) is 1. The van der Waals surface area contributed by atoms with E-state index < -0.39 is 7.14 Å². The molecular weight excluding hydrogens is 336 g/mol. The molecule has 0 aliphatic heterocycles. The molecule has 0 bridgehead atoms. The van der Waals surface area contributed by atoms with E-state index in [4.69, 9.17) is 0 Å². The number of aromatic hydroxyl groups is 1. The van der Waals surface area contributed by atoms with Gasteiger partial charge in [0.05, 0.1) is 5.52 Å². The third kappa shape index (κ3) is 3.11. The molecule has 0 saturated carbocycles. The van der Waals surface area contributed by atoms with Crippen LogP contribution in [0.1, 0.15) is 0 Å². The Morgan fingerprint density at radius 1 is 0.731 bits per heavy atom. The first-order chi connectivity index (χ1) is 12.2. The molecule has 0 radical (unpaired) electrons. The molecule has 26 heavy (non-hydrogen) atoms. The van der Waals surface area contributed by atoms with E-state index in [1.165, 1.54) is 0 Å². The van der Waals surface area contributed by atoms with Crippen molar-refractivity contribution >= 4 is 52.9 Å². The molecule has 3 nitrogen and oxygen atoms in total. The molecule has 1 heterocycles. The third-order valence-corrected chi connectivity index (χ3v) is 7.20. The Morgan fingerprint density at radius 3 is 1.81 bits per heavy atom. The molecule has 1 N–H and O–H groups in total. The summed E-state index contributed by atoms with van der Waals surface area (Å²) in [5, 5.41) is 12.8. The Labute approximate surface area is 164 Å². The molecule has 0 fully saturated rings. The number of hydrogen-bond donors (Lipinski definition) is 1. The number of para-hydroxylation sites is 1. The number of benzene rings is 3. The van der Waals surface area contributed by atoms with Crippen LogP contribution in [-0.4, -0.2) is 29.0 Å². The minimum atomic E-state index is -3.28. The normalized spacial score (nSPS) is 11.1. The van der Waals surface area contributed by atoms with E-state index in [0.717, 1.165) is 5.39 Å². The van der Waals surface area contributed by atoms with E-state index in [2.05, 4.69) is 4.98 Å². The van der Waals surface area contributed by atoms with Crippen molar-refractivity contribution in [3.63, 3.8) is 0 Å². The zero-order chi connectivity index (χ0) is 17.3. The predicted octanol–water partition coefficient (Wildman–Crippen LogP) is 2.93. The summed E-state index contributed by atoms with van der Waals surface area (Å²) < 4.78 is 14.3. The SMILES string of the molecule is O=P(c1ccccc1)(c1ccccc1)c1nc2ccccc2cc1O.[LiH]. The summed E-state index contributed by atoms with van der Waals surface area (Å²) >= 11 is 0. The molecule has 0 aliphatic carbocycles. The van der Waals surface area contributed by atoms with E-state index in [-0.39, 0.29) is 30.0 Å². The summed E-state index contributed by atoms with van der Waals surface area (Å²) in [5.41, 5.74) is 0.936. The fourth-order valence-electron chi connectivity index (χ4n) is 3.00. The molecule has 5 heteroatoms. The summed E-state index contributed by atoms with van der Waals surface area (Å²) in [6.07, 6.45) is 0. The van der Waals surface area contributed by atoms with Gasteiger partial charge in [0.1, 0.15) is 5.75 Å². The standard InChI is InChI=1S/C21H16NO2P.Li.H/c23-20-15-16-9-7-8-14-19(16)22-21(20)25(24,17-10-3-1-4-11-17)18-12-5-2-6-13-18;;/h1-15,23H;;. The maximum absolute atomic E-state index is 14.3. The Morgan fingerprint density at radius 2 is 1.23 bits per heavy atom. The first-order valence-corrected chi connectivity index (χ1v) is 9.71. The molecule has 0 spiro atoms. The Hall–Kier alpha value is -2.30. The van der Waals surface area contributed by atoms with Gasteiger partial charge in [0, 0.05) is 16.0 Å². The van der Waals surface area contributed by atoms with Gasteiger partial charge in [-0.05, 0) is 12.1 Å². The molecule has 0 aliphatic rings. The zero-order valence-electron chi connectivity index (χ0n) is 13.4. The molecule has 0 atom stereocenters. The molecule has 4 rings (SSSR count). The van der Waals surface area contributed by atoms with Crippen molar-refractivity contribution in [3.05, 3.63) is 91.0 Å². The van der Waals surface area contributed by atoms with Crippen LogP contribution in [0.4, 0.5) is 0 Å². The van der Waals surface area contributed by atoms with Gasteiger partial charge < -0.3 is 9.67 Å². The molecule has 3 aromatic carbocycles. The van der Waals surface area contributed by atoms with Gasteiger partial charge >= 0.3 is 18.9 Å². The van der Waals surface area contributed by atoms with Crippen LogP contribution in [0.3, 0.4) is 0 Å². The number of aromatic nitrogens is 1. The van der Waals surface area contributed by atoms with Gasteiger partial charge in [0.15, 0.2) is 12.6 Å². The van der Waals surface area contributed by atoms with Gasteiger partial charge in [0.25, 0.3) is 0 Å². The average molecular weight is 353 g/mol. The van der Waals surface area contributed by atoms with Crippen molar-refractivity contribution in [2.24, 2.45) is 0 Å². The molecule has 1 aromatic heterocycles. The summed E-state index contributed by atoms with van der Waals surface area (Å²) in [5.74, 6) is -0.0465. The first-order valence-electron chi connectivity index (χ1n) is 8.00. The average Bonchev–Trinajstić information content (AvgIpc) is 2.68. The Balaban J connectivity index is 0.00000196. The summed E-state index contributed by atoms with van der Waals surface area (Å²) in [6, 6.07) is 27.6. The van der Waals surface area contributed by atoms with E-state index in [1.54, 1.807) is 6.07 Å². The summed E-state index contributed by atoms with van der Waals surface area (Å²) in [7, 11) is -3.28. The van der Waals surface area contributed by atoms with Crippen molar-refractivity contribution in [2.75, 3.05) is 0 Å². The molecule has 4 aromatic rings. The topological polar surface area (TPSA) is 50.2 Å². The van der Waals surface area contributed by atoms with Gasteiger partial charge in [-0.15, -0.1) is 0 Å². The summed E-state index contributed by atoms with van der Waals surface area (Å²) in [6.45, 7) is 0. The van der Waals surface area contributed by atoms with Crippen molar-refractivity contribution in [2.45, 2.75) is 0 Å². The van der Waals surface area contributed by atoms with Crippen molar-refractivity contribution < 1.29 is 9.67 Å². The first kappa shape index (κ1) is 18.5. The van der Waals surface area contributed by atoms with Crippen LogP contribution in [0.2, 0.25) is 0 Å². The van der Waals surface area contributed by atoms with Gasteiger partial charge in [-0.25, -0.2) is 4.98 Å². The maximum atomic E-state index is 14.3. The molecule has 0 amide bonds. The number of pyridine rings is 1. The number of fused-ring (bicyclic) bond motifs is 1. The van der Waals surface area contributed by atoms with Crippen molar-refractivity contribution in [1.82, 2.24) is 4.98 Å². The van der Waals surface area contributed by atoms with Crippen molar-refractivity contribution in [3.8, 4) is 5.75 Å². The van der Waals surface area contributed by atoms with E-state index in [9.17, 15) is 9.67 Å². The Bertz CT molecular complexity index is 1040. The van der Waals surface area contributed by atoms with Gasteiger partial charge in [-0.2, -0.15) is 0 Å². The van der Waals surface area contributed by atoms with E-state index in [0.29, 0.717) is 16.1 Å². The number of hydrogen-bond acceptors (Lipinski definition) is 3. The van der Waals surface area contributed by atoms with Crippen molar-refractivity contribution in [1.29, 1.82) is 0 Å². The van der Waals surface area contributed by atoms with Gasteiger partial charge in [-0.1, -0.05) is 78.9 Å². The van der Waals surface area contributed by atoms with Crippen LogP contribution in [0.5, 0.6) is 5.75 Å². The number of rotatable bonds is 3. The van der Waals surface area contributed by atoms with Gasteiger partial charge in [0.2, 0.25) is 0 Å². The quantitative estimate of drug-likeness (QED) is 0.455. The van der Waals surface area contributed by atoms with Crippen LogP contribution in [0.25, 0.3) is 10.9 Å². The van der Waals surface area contributed by atoms with Crippen LogP contribution in [-0.2, 0) is 4.57 Å². The second kappa shape index (κ2) is 7.52.